The Balaban J connectivity index is 1.88. The summed E-state index contributed by atoms with van der Waals surface area (Å²) in [5.41, 5.74) is 8.74. The first-order valence-electron chi connectivity index (χ1n) is 6.88. The standard InChI is InChI=1S/C17H17ClN2O/c1-11-6-7-13(9-14(11)18)20-15(10-19)17-8-12-4-2-3-5-16(12)21-17/h2-9,15,20H,10,19H2,1H3. The Hall–Kier alpha value is -1.97. The Kier molecular flexibility index (Phi) is 3.86. The number of halogens is 1. The minimum absolute atomic E-state index is 0.0869. The van der Waals surface area contributed by atoms with Gasteiger partial charge in [0.2, 0.25) is 0 Å². The summed E-state index contributed by atoms with van der Waals surface area (Å²) in [7, 11) is 0. The highest BCUT2D eigenvalue weighted by Crippen LogP contribution is 2.27. The highest BCUT2D eigenvalue weighted by molar-refractivity contribution is 6.31. The summed E-state index contributed by atoms with van der Waals surface area (Å²) in [6, 6.07) is 15.7. The van der Waals surface area contributed by atoms with Gasteiger partial charge in [-0.1, -0.05) is 35.9 Å². The van der Waals surface area contributed by atoms with Crippen molar-refractivity contribution in [2.24, 2.45) is 5.73 Å². The average Bonchev–Trinajstić information content (AvgIpc) is 2.92. The van der Waals surface area contributed by atoms with Gasteiger partial charge < -0.3 is 15.5 Å². The Labute approximate surface area is 128 Å². The number of aryl methyl sites for hydroxylation is 1. The predicted octanol–water partition coefficient (Wildman–Crippen LogP) is 4.51. The molecular formula is C17H17ClN2O. The Morgan fingerprint density at radius 3 is 2.71 bits per heavy atom. The molecular weight excluding hydrogens is 284 g/mol. The summed E-state index contributed by atoms with van der Waals surface area (Å²) in [5, 5.41) is 5.19. The molecule has 0 aliphatic heterocycles. The van der Waals surface area contributed by atoms with Crippen LogP contribution < -0.4 is 11.1 Å². The minimum Gasteiger partial charge on any atom is -0.459 e. The van der Waals surface area contributed by atoms with Crippen LogP contribution in [0.5, 0.6) is 0 Å². The van der Waals surface area contributed by atoms with E-state index in [0.717, 1.165) is 33.0 Å². The quantitative estimate of drug-likeness (QED) is 0.745. The molecule has 0 amide bonds. The van der Waals surface area contributed by atoms with Gasteiger partial charge in [0.15, 0.2) is 0 Å². The molecule has 0 bridgehead atoms. The molecule has 3 rings (SSSR count). The molecule has 3 N–H and O–H groups in total. The van der Waals surface area contributed by atoms with Gasteiger partial charge in [-0.3, -0.25) is 0 Å². The molecule has 0 aliphatic carbocycles. The normalized spacial score (nSPS) is 12.5. The van der Waals surface area contributed by atoms with Gasteiger partial charge >= 0.3 is 0 Å². The lowest BCUT2D eigenvalue weighted by molar-refractivity contribution is 0.515. The molecule has 1 heterocycles. The van der Waals surface area contributed by atoms with Crippen molar-refractivity contribution in [1.82, 2.24) is 0 Å². The average molecular weight is 301 g/mol. The lowest BCUT2D eigenvalue weighted by Crippen LogP contribution is -2.20. The second kappa shape index (κ2) is 5.80. The number of para-hydroxylation sites is 1. The Bertz CT molecular complexity index is 733. The van der Waals surface area contributed by atoms with Crippen LogP contribution in [-0.2, 0) is 0 Å². The first kappa shape index (κ1) is 14.0. The van der Waals surface area contributed by atoms with Gasteiger partial charge in [0, 0.05) is 22.6 Å². The van der Waals surface area contributed by atoms with E-state index in [0.29, 0.717) is 6.54 Å². The molecule has 3 aromatic rings. The molecule has 21 heavy (non-hydrogen) atoms. The van der Waals surface area contributed by atoms with Crippen molar-refractivity contribution in [3.63, 3.8) is 0 Å². The fourth-order valence-corrected chi connectivity index (χ4v) is 2.48. The van der Waals surface area contributed by atoms with Crippen LogP contribution in [0.4, 0.5) is 5.69 Å². The molecule has 0 fully saturated rings. The lowest BCUT2D eigenvalue weighted by Gasteiger charge is -2.16. The van der Waals surface area contributed by atoms with Crippen molar-refractivity contribution in [1.29, 1.82) is 0 Å². The third kappa shape index (κ3) is 2.89. The van der Waals surface area contributed by atoms with Gasteiger partial charge in [0.1, 0.15) is 11.3 Å². The molecule has 0 spiro atoms. The number of benzene rings is 2. The Morgan fingerprint density at radius 2 is 2.00 bits per heavy atom. The summed E-state index contributed by atoms with van der Waals surface area (Å²) in [5.74, 6) is 0.829. The number of rotatable bonds is 4. The third-order valence-electron chi connectivity index (χ3n) is 3.54. The molecule has 1 aromatic heterocycles. The van der Waals surface area contributed by atoms with E-state index in [9.17, 15) is 0 Å². The van der Waals surface area contributed by atoms with Gasteiger partial charge in [-0.2, -0.15) is 0 Å². The van der Waals surface area contributed by atoms with Crippen molar-refractivity contribution in [2.75, 3.05) is 11.9 Å². The van der Waals surface area contributed by atoms with E-state index in [1.54, 1.807) is 0 Å². The molecule has 0 aliphatic rings. The van der Waals surface area contributed by atoms with E-state index < -0.39 is 0 Å². The summed E-state index contributed by atoms with van der Waals surface area (Å²) in [4.78, 5) is 0. The van der Waals surface area contributed by atoms with Gasteiger partial charge in [0.05, 0.1) is 6.04 Å². The minimum atomic E-state index is -0.0869. The summed E-state index contributed by atoms with van der Waals surface area (Å²) in [6.45, 7) is 2.41. The number of nitrogens with two attached hydrogens (primary N) is 1. The summed E-state index contributed by atoms with van der Waals surface area (Å²) >= 11 is 6.16. The van der Waals surface area contributed by atoms with Gasteiger partial charge in [0.25, 0.3) is 0 Å². The van der Waals surface area contributed by atoms with Crippen LogP contribution in [0, 0.1) is 6.92 Å². The Morgan fingerprint density at radius 1 is 1.19 bits per heavy atom. The second-order valence-electron chi connectivity index (χ2n) is 5.08. The topological polar surface area (TPSA) is 51.2 Å². The molecule has 0 saturated heterocycles. The molecule has 0 radical (unpaired) electrons. The molecule has 0 saturated carbocycles. The predicted molar refractivity (Wildman–Crippen MR) is 87.8 cm³/mol. The van der Waals surface area contributed by atoms with Crippen LogP contribution in [0.15, 0.2) is 52.9 Å². The molecule has 1 atom stereocenters. The zero-order valence-electron chi connectivity index (χ0n) is 11.8. The van der Waals surface area contributed by atoms with Crippen LogP contribution >= 0.6 is 11.6 Å². The van der Waals surface area contributed by atoms with Crippen molar-refractivity contribution < 1.29 is 4.42 Å². The number of hydrogen-bond acceptors (Lipinski definition) is 3. The van der Waals surface area contributed by atoms with Crippen LogP contribution in [0.1, 0.15) is 17.4 Å². The zero-order valence-corrected chi connectivity index (χ0v) is 12.5. The van der Waals surface area contributed by atoms with Crippen LogP contribution in [0.2, 0.25) is 5.02 Å². The van der Waals surface area contributed by atoms with Crippen molar-refractivity contribution in [3.05, 3.63) is 64.9 Å². The molecule has 108 valence electrons. The van der Waals surface area contributed by atoms with Crippen LogP contribution in [0.25, 0.3) is 11.0 Å². The highest BCUT2D eigenvalue weighted by atomic mass is 35.5. The number of fused-ring (bicyclic) bond motifs is 1. The summed E-state index contributed by atoms with van der Waals surface area (Å²) in [6.07, 6.45) is 0. The third-order valence-corrected chi connectivity index (χ3v) is 3.94. The second-order valence-corrected chi connectivity index (χ2v) is 5.49. The fraction of sp³-hybridized carbons (Fsp3) is 0.176. The number of anilines is 1. The molecule has 2 aromatic carbocycles. The van der Waals surface area contributed by atoms with Gasteiger partial charge in [-0.05, 0) is 36.8 Å². The maximum absolute atomic E-state index is 6.16. The lowest BCUT2D eigenvalue weighted by atomic mass is 10.1. The van der Waals surface area contributed by atoms with Gasteiger partial charge in [-0.15, -0.1) is 0 Å². The molecule has 4 heteroatoms. The maximum Gasteiger partial charge on any atom is 0.134 e. The molecule has 1 unspecified atom stereocenters. The fourth-order valence-electron chi connectivity index (χ4n) is 2.30. The first-order chi connectivity index (χ1) is 10.2. The monoisotopic (exact) mass is 300 g/mol. The van der Waals surface area contributed by atoms with Crippen molar-refractivity contribution in [2.45, 2.75) is 13.0 Å². The maximum atomic E-state index is 6.16. The smallest absolute Gasteiger partial charge is 0.134 e. The van der Waals surface area contributed by atoms with Gasteiger partial charge in [-0.25, -0.2) is 0 Å². The summed E-state index contributed by atoms with van der Waals surface area (Å²) < 4.78 is 5.87. The van der Waals surface area contributed by atoms with Crippen molar-refractivity contribution in [3.8, 4) is 0 Å². The highest BCUT2D eigenvalue weighted by Gasteiger charge is 2.15. The first-order valence-corrected chi connectivity index (χ1v) is 7.26. The largest absolute Gasteiger partial charge is 0.459 e. The van der Waals surface area contributed by atoms with E-state index in [1.807, 2.05) is 55.5 Å². The van der Waals surface area contributed by atoms with E-state index >= 15 is 0 Å². The van der Waals surface area contributed by atoms with E-state index in [-0.39, 0.29) is 6.04 Å². The number of furan rings is 1. The van der Waals surface area contributed by atoms with Crippen molar-refractivity contribution >= 4 is 28.3 Å². The van der Waals surface area contributed by atoms with E-state index in [1.165, 1.54) is 0 Å². The SMILES string of the molecule is Cc1ccc(NC(CN)c2cc3ccccc3o2)cc1Cl. The van der Waals surface area contributed by atoms with E-state index in [4.69, 9.17) is 21.8 Å². The zero-order chi connectivity index (χ0) is 14.8. The van der Waals surface area contributed by atoms with Crippen LogP contribution in [-0.4, -0.2) is 6.54 Å². The number of hydrogen-bond donors (Lipinski definition) is 2. The molecule has 3 nitrogen and oxygen atoms in total. The van der Waals surface area contributed by atoms with Crippen LogP contribution in [0.3, 0.4) is 0 Å². The number of nitrogens with one attached hydrogen (secondary N) is 1. The van der Waals surface area contributed by atoms with E-state index in [2.05, 4.69) is 5.32 Å².